The van der Waals surface area contributed by atoms with E-state index in [1.54, 1.807) is 6.07 Å². The predicted octanol–water partition coefficient (Wildman–Crippen LogP) is 7.08. The molecule has 6 nitrogen and oxygen atoms in total. The number of ether oxygens (including phenoxy) is 1. The number of amides is 1. The molecule has 4 rings (SSSR count). The van der Waals surface area contributed by atoms with Crippen molar-refractivity contribution in [3.05, 3.63) is 93.0 Å². The van der Waals surface area contributed by atoms with E-state index < -0.39 is 11.7 Å². The Morgan fingerprint density at radius 2 is 1.72 bits per heavy atom. The quantitative estimate of drug-likeness (QED) is 0.386. The molecule has 3 aromatic rings. The first kappa shape index (κ1) is 25.5. The molecule has 1 aliphatic carbocycles. The Morgan fingerprint density at radius 3 is 2.47 bits per heavy atom. The van der Waals surface area contributed by atoms with Crippen molar-refractivity contribution in [2.75, 3.05) is 5.32 Å². The van der Waals surface area contributed by atoms with E-state index in [4.69, 9.17) is 9.15 Å². The number of hydrogen-bond donors (Lipinski definition) is 2. The van der Waals surface area contributed by atoms with E-state index >= 15 is 0 Å². The first-order valence-electron chi connectivity index (χ1n) is 13.0. The molecule has 1 heterocycles. The van der Waals surface area contributed by atoms with Gasteiger partial charge in [0.25, 0.3) is 0 Å². The first-order chi connectivity index (χ1) is 17.6. The van der Waals surface area contributed by atoms with Crippen LogP contribution in [0.2, 0.25) is 0 Å². The summed E-state index contributed by atoms with van der Waals surface area (Å²) in [5, 5.41) is 14.1. The van der Waals surface area contributed by atoms with E-state index in [0.29, 0.717) is 36.3 Å². The molecule has 0 fully saturated rings. The topological polar surface area (TPSA) is 88.8 Å². The summed E-state index contributed by atoms with van der Waals surface area (Å²) in [5.41, 5.74) is 2.89. The SMILES string of the molecule is CCC(c1cccc(NC(=O)OCc2ccccc2)c1)c1c(O)c2c(oc1=O)CCCCCCCC2. The van der Waals surface area contributed by atoms with Crippen LogP contribution < -0.4 is 10.9 Å². The van der Waals surface area contributed by atoms with Gasteiger partial charge in [-0.05, 0) is 48.9 Å². The summed E-state index contributed by atoms with van der Waals surface area (Å²) in [7, 11) is 0. The molecule has 190 valence electrons. The summed E-state index contributed by atoms with van der Waals surface area (Å²) in [6.07, 6.45) is 7.97. The zero-order valence-electron chi connectivity index (χ0n) is 20.9. The molecule has 1 atom stereocenters. The maximum absolute atomic E-state index is 13.1. The van der Waals surface area contributed by atoms with Crippen molar-refractivity contribution in [3.63, 3.8) is 0 Å². The van der Waals surface area contributed by atoms with Crippen LogP contribution >= 0.6 is 0 Å². The summed E-state index contributed by atoms with van der Waals surface area (Å²) in [6.45, 7) is 2.15. The number of rotatable bonds is 6. The predicted molar refractivity (Wildman–Crippen MR) is 141 cm³/mol. The van der Waals surface area contributed by atoms with E-state index in [0.717, 1.165) is 42.4 Å². The van der Waals surface area contributed by atoms with E-state index in [-0.39, 0.29) is 18.3 Å². The smallest absolute Gasteiger partial charge is 0.411 e. The van der Waals surface area contributed by atoms with Gasteiger partial charge in [0.2, 0.25) is 0 Å². The number of carbonyl (C=O) groups is 1. The fraction of sp³-hybridized carbons (Fsp3) is 0.400. The van der Waals surface area contributed by atoms with Crippen LogP contribution in [0.15, 0.2) is 63.8 Å². The largest absolute Gasteiger partial charge is 0.507 e. The zero-order chi connectivity index (χ0) is 25.3. The Bertz CT molecular complexity index is 1220. The zero-order valence-corrected chi connectivity index (χ0v) is 20.9. The lowest BCUT2D eigenvalue weighted by Crippen LogP contribution is -2.18. The highest BCUT2D eigenvalue weighted by atomic mass is 16.5. The van der Waals surface area contributed by atoms with Crippen LogP contribution in [-0.4, -0.2) is 11.2 Å². The van der Waals surface area contributed by atoms with Crippen LogP contribution in [0.3, 0.4) is 0 Å². The van der Waals surface area contributed by atoms with Gasteiger partial charge in [-0.2, -0.15) is 0 Å². The normalized spacial score (nSPS) is 14.9. The number of carbonyl (C=O) groups excluding carboxylic acids is 1. The molecule has 1 unspecified atom stereocenters. The lowest BCUT2D eigenvalue weighted by Gasteiger charge is -2.20. The van der Waals surface area contributed by atoms with Crippen LogP contribution in [0.5, 0.6) is 5.75 Å². The molecule has 1 aliphatic rings. The highest BCUT2D eigenvalue weighted by Gasteiger charge is 2.26. The Morgan fingerprint density at radius 1 is 1.00 bits per heavy atom. The third-order valence-electron chi connectivity index (χ3n) is 6.90. The molecular formula is C30H35NO5. The van der Waals surface area contributed by atoms with Gasteiger partial charge >= 0.3 is 11.7 Å². The van der Waals surface area contributed by atoms with Gasteiger partial charge in [0, 0.05) is 23.6 Å². The number of anilines is 1. The average molecular weight is 490 g/mol. The molecule has 0 radical (unpaired) electrons. The van der Waals surface area contributed by atoms with Crippen LogP contribution in [0.25, 0.3) is 0 Å². The Balaban J connectivity index is 1.56. The minimum atomic E-state index is -0.556. The van der Waals surface area contributed by atoms with Gasteiger partial charge in [0.05, 0.1) is 5.56 Å². The van der Waals surface area contributed by atoms with Crippen LogP contribution in [0.1, 0.15) is 85.8 Å². The van der Waals surface area contributed by atoms with E-state index in [1.807, 2.05) is 55.5 Å². The van der Waals surface area contributed by atoms with Crippen molar-refractivity contribution in [1.29, 1.82) is 0 Å². The summed E-state index contributed by atoms with van der Waals surface area (Å²) >= 11 is 0. The standard InChI is InChI=1S/C30H35NO5/c1-2-24(27-28(32)25-17-10-5-3-4-6-11-18-26(25)36-29(27)33)22-15-12-16-23(19-22)31-30(34)35-20-21-13-8-7-9-14-21/h7-9,12-16,19,24,32H,2-6,10-11,17-18,20H2,1H3,(H,31,34). The van der Waals surface area contributed by atoms with E-state index in [2.05, 4.69) is 5.32 Å². The number of aromatic hydroxyl groups is 1. The lowest BCUT2D eigenvalue weighted by molar-refractivity contribution is 0.155. The second kappa shape index (κ2) is 12.4. The molecular weight excluding hydrogens is 454 g/mol. The molecule has 0 spiro atoms. The minimum absolute atomic E-state index is 0.0781. The summed E-state index contributed by atoms with van der Waals surface area (Å²) < 4.78 is 11.1. The van der Waals surface area contributed by atoms with Gasteiger partial charge in [-0.1, -0.05) is 75.1 Å². The van der Waals surface area contributed by atoms with Crippen LogP contribution in [-0.2, 0) is 24.2 Å². The monoisotopic (exact) mass is 489 g/mol. The van der Waals surface area contributed by atoms with Crippen molar-refractivity contribution in [1.82, 2.24) is 0 Å². The molecule has 36 heavy (non-hydrogen) atoms. The van der Waals surface area contributed by atoms with Crippen molar-refractivity contribution in [3.8, 4) is 5.75 Å². The number of aryl methyl sites for hydroxylation is 1. The van der Waals surface area contributed by atoms with Crippen molar-refractivity contribution < 1.29 is 19.1 Å². The van der Waals surface area contributed by atoms with Crippen molar-refractivity contribution in [2.45, 2.75) is 77.2 Å². The van der Waals surface area contributed by atoms with Gasteiger partial charge in [0.1, 0.15) is 18.1 Å². The molecule has 2 aromatic carbocycles. The van der Waals surface area contributed by atoms with Gasteiger partial charge in [0.15, 0.2) is 0 Å². The summed E-state index contributed by atoms with van der Waals surface area (Å²) in [4.78, 5) is 25.5. The molecule has 2 N–H and O–H groups in total. The molecule has 0 saturated carbocycles. The third-order valence-corrected chi connectivity index (χ3v) is 6.90. The fourth-order valence-corrected chi connectivity index (χ4v) is 5.00. The van der Waals surface area contributed by atoms with Crippen molar-refractivity contribution in [2.24, 2.45) is 0 Å². The maximum Gasteiger partial charge on any atom is 0.411 e. The maximum atomic E-state index is 13.1. The van der Waals surface area contributed by atoms with E-state index in [9.17, 15) is 14.7 Å². The second-order valence-corrected chi connectivity index (χ2v) is 9.45. The van der Waals surface area contributed by atoms with Crippen LogP contribution in [0.4, 0.5) is 10.5 Å². The van der Waals surface area contributed by atoms with Crippen LogP contribution in [0, 0.1) is 0 Å². The van der Waals surface area contributed by atoms with Gasteiger partial charge in [-0.3, -0.25) is 5.32 Å². The van der Waals surface area contributed by atoms with E-state index in [1.165, 1.54) is 12.8 Å². The molecule has 0 bridgehead atoms. The minimum Gasteiger partial charge on any atom is -0.507 e. The number of benzene rings is 2. The third kappa shape index (κ3) is 6.36. The first-order valence-corrected chi connectivity index (χ1v) is 13.0. The van der Waals surface area contributed by atoms with Gasteiger partial charge in [-0.15, -0.1) is 0 Å². The lowest BCUT2D eigenvalue weighted by atomic mass is 9.87. The van der Waals surface area contributed by atoms with Gasteiger partial charge < -0.3 is 14.3 Å². The second-order valence-electron chi connectivity index (χ2n) is 9.45. The number of fused-ring (bicyclic) bond motifs is 1. The molecule has 0 saturated heterocycles. The number of nitrogens with one attached hydrogen (secondary N) is 1. The molecule has 1 aromatic heterocycles. The summed E-state index contributed by atoms with van der Waals surface area (Å²) in [6, 6.07) is 16.8. The fourth-order valence-electron chi connectivity index (χ4n) is 5.00. The number of hydrogen-bond acceptors (Lipinski definition) is 5. The van der Waals surface area contributed by atoms with Gasteiger partial charge in [-0.25, -0.2) is 9.59 Å². The molecule has 0 aliphatic heterocycles. The Labute approximate surface area is 212 Å². The summed E-state index contributed by atoms with van der Waals surface area (Å²) in [5.74, 6) is 0.355. The molecule has 1 amide bonds. The molecule has 6 heteroatoms. The Hall–Kier alpha value is -3.54. The Kier molecular flexibility index (Phi) is 8.82. The average Bonchev–Trinajstić information content (AvgIpc) is 2.89. The highest BCUT2D eigenvalue weighted by molar-refractivity contribution is 5.84. The van der Waals surface area contributed by atoms with Crippen molar-refractivity contribution >= 4 is 11.8 Å². The highest BCUT2D eigenvalue weighted by Crippen LogP contribution is 2.37.